The summed E-state index contributed by atoms with van der Waals surface area (Å²) in [6.45, 7) is 0. The Balaban J connectivity index is 3.14. The van der Waals surface area contributed by atoms with Gasteiger partial charge in [-0.2, -0.15) is 12.6 Å². The van der Waals surface area contributed by atoms with Crippen molar-refractivity contribution >= 4 is 28.6 Å². The third-order valence-corrected chi connectivity index (χ3v) is 2.48. The Morgan fingerprint density at radius 2 is 2.20 bits per heavy atom. The minimum atomic E-state index is 0.270. The number of phenols is 1. The molecule has 1 nitrogen and oxygen atoms in total. The molecule has 0 saturated carbocycles. The van der Waals surface area contributed by atoms with Crippen LogP contribution in [0, 0.1) is 0 Å². The molecule has 1 rings (SSSR count). The van der Waals surface area contributed by atoms with Crippen LogP contribution < -0.4 is 0 Å². The molecule has 0 aromatic heterocycles. The molecule has 0 bridgehead atoms. The minimum Gasteiger partial charge on any atom is -0.507 e. The molecule has 0 aliphatic heterocycles. The first kappa shape index (κ1) is 7.95. The van der Waals surface area contributed by atoms with Gasteiger partial charge in [0.05, 0.1) is 4.47 Å². The molecule has 0 saturated heterocycles. The van der Waals surface area contributed by atoms with E-state index in [9.17, 15) is 0 Å². The molecule has 3 heteroatoms. The molecule has 1 aromatic carbocycles. The van der Waals surface area contributed by atoms with E-state index in [1.807, 2.05) is 6.07 Å². The van der Waals surface area contributed by atoms with Crippen LogP contribution in [0.15, 0.2) is 22.7 Å². The average molecular weight is 219 g/mol. The van der Waals surface area contributed by atoms with E-state index < -0.39 is 0 Å². The molecule has 0 aliphatic carbocycles. The van der Waals surface area contributed by atoms with Gasteiger partial charge in [0.2, 0.25) is 0 Å². The lowest BCUT2D eigenvalue weighted by Crippen LogP contribution is -1.79. The molecule has 0 heterocycles. The zero-order valence-corrected chi connectivity index (χ0v) is 7.69. The Morgan fingerprint density at radius 1 is 1.50 bits per heavy atom. The predicted molar refractivity (Wildman–Crippen MR) is 48.5 cm³/mol. The zero-order valence-electron chi connectivity index (χ0n) is 5.21. The van der Waals surface area contributed by atoms with Crippen LogP contribution in [0.2, 0.25) is 0 Å². The highest BCUT2D eigenvalue weighted by Gasteiger charge is 2.00. The van der Waals surface area contributed by atoms with Crippen LogP contribution in [-0.4, -0.2) is 5.11 Å². The molecule has 1 N–H and O–H groups in total. The smallest absolute Gasteiger partial charge is 0.130 e. The van der Waals surface area contributed by atoms with Crippen molar-refractivity contribution in [1.29, 1.82) is 0 Å². The molecule has 0 radical (unpaired) electrons. The number of hydrogen-bond donors (Lipinski definition) is 2. The Morgan fingerprint density at radius 3 is 2.70 bits per heavy atom. The largest absolute Gasteiger partial charge is 0.507 e. The highest BCUT2D eigenvalue weighted by Crippen LogP contribution is 2.27. The summed E-state index contributed by atoms with van der Waals surface area (Å²) >= 11 is 7.33. The van der Waals surface area contributed by atoms with Gasteiger partial charge in [0, 0.05) is 5.75 Å². The minimum absolute atomic E-state index is 0.270. The number of rotatable bonds is 1. The zero-order chi connectivity index (χ0) is 7.56. The van der Waals surface area contributed by atoms with E-state index in [2.05, 4.69) is 28.6 Å². The highest BCUT2D eigenvalue weighted by molar-refractivity contribution is 9.10. The van der Waals surface area contributed by atoms with Gasteiger partial charge in [-0.05, 0) is 27.6 Å². The second-order valence-corrected chi connectivity index (χ2v) is 3.02. The lowest BCUT2D eigenvalue weighted by molar-refractivity contribution is 0.471. The summed E-state index contributed by atoms with van der Waals surface area (Å²) in [5, 5.41) is 9.15. The third kappa shape index (κ3) is 1.47. The van der Waals surface area contributed by atoms with Gasteiger partial charge in [-0.1, -0.05) is 12.1 Å². The maximum atomic E-state index is 9.15. The van der Waals surface area contributed by atoms with Gasteiger partial charge in [0.25, 0.3) is 0 Å². The summed E-state index contributed by atoms with van der Waals surface area (Å²) in [6.07, 6.45) is 0. The van der Waals surface area contributed by atoms with E-state index in [0.717, 1.165) is 10.0 Å². The number of aromatic hydroxyl groups is 1. The molecule has 0 atom stereocenters. The Bertz CT molecular complexity index is 237. The summed E-state index contributed by atoms with van der Waals surface area (Å²) in [5.74, 6) is 0.904. The number of thiol groups is 1. The van der Waals surface area contributed by atoms with Gasteiger partial charge in [0.15, 0.2) is 0 Å². The predicted octanol–water partition coefficient (Wildman–Crippen LogP) is 2.58. The van der Waals surface area contributed by atoms with Crippen LogP contribution in [0.25, 0.3) is 0 Å². The second-order valence-electron chi connectivity index (χ2n) is 1.91. The fourth-order valence-corrected chi connectivity index (χ4v) is 1.57. The van der Waals surface area contributed by atoms with Crippen molar-refractivity contribution in [3.63, 3.8) is 0 Å². The van der Waals surface area contributed by atoms with E-state index >= 15 is 0 Å². The van der Waals surface area contributed by atoms with Crippen LogP contribution in [-0.2, 0) is 5.75 Å². The highest BCUT2D eigenvalue weighted by atomic mass is 79.9. The third-order valence-electron chi connectivity index (χ3n) is 1.23. The molecule has 54 valence electrons. The van der Waals surface area contributed by atoms with Crippen molar-refractivity contribution < 1.29 is 5.11 Å². The topological polar surface area (TPSA) is 20.2 Å². The van der Waals surface area contributed by atoms with E-state index in [4.69, 9.17) is 5.11 Å². The van der Waals surface area contributed by atoms with E-state index in [0.29, 0.717) is 5.75 Å². The number of benzene rings is 1. The van der Waals surface area contributed by atoms with Crippen molar-refractivity contribution in [2.45, 2.75) is 5.75 Å². The van der Waals surface area contributed by atoms with Crippen molar-refractivity contribution in [3.05, 3.63) is 28.2 Å². The van der Waals surface area contributed by atoms with Crippen LogP contribution >= 0.6 is 28.6 Å². The summed E-state index contributed by atoms with van der Waals surface area (Å²) in [7, 11) is 0. The Labute approximate surface area is 73.6 Å². The van der Waals surface area contributed by atoms with Crippen LogP contribution in [0.4, 0.5) is 0 Å². The number of hydrogen-bond acceptors (Lipinski definition) is 2. The van der Waals surface area contributed by atoms with Crippen molar-refractivity contribution in [1.82, 2.24) is 0 Å². The first-order valence-electron chi connectivity index (χ1n) is 2.83. The molecule has 0 aliphatic rings. The SMILES string of the molecule is Oc1cccc(CS)c1Br. The average Bonchev–Trinajstić information content (AvgIpc) is 1.95. The van der Waals surface area contributed by atoms with Gasteiger partial charge in [0.1, 0.15) is 5.75 Å². The first-order valence-corrected chi connectivity index (χ1v) is 4.25. The van der Waals surface area contributed by atoms with E-state index in [1.54, 1.807) is 12.1 Å². The maximum Gasteiger partial charge on any atom is 0.130 e. The van der Waals surface area contributed by atoms with Crippen molar-refractivity contribution in [2.75, 3.05) is 0 Å². The van der Waals surface area contributed by atoms with Gasteiger partial charge in [-0.3, -0.25) is 0 Å². The summed E-state index contributed by atoms with van der Waals surface area (Å²) in [6, 6.07) is 5.35. The standard InChI is InChI=1S/C7H7BrOS/c8-7-5(4-10)2-1-3-6(7)9/h1-3,9-10H,4H2. The lowest BCUT2D eigenvalue weighted by atomic mass is 10.2. The summed E-state index contributed by atoms with van der Waals surface area (Å²) in [4.78, 5) is 0. The summed E-state index contributed by atoms with van der Waals surface area (Å²) < 4.78 is 0.741. The molecule has 0 amide bonds. The summed E-state index contributed by atoms with van der Waals surface area (Å²) in [5.41, 5.74) is 1.00. The molecular weight excluding hydrogens is 212 g/mol. The monoisotopic (exact) mass is 218 g/mol. The molecule has 10 heavy (non-hydrogen) atoms. The molecule has 1 aromatic rings. The van der Waals surface area contributed by atoms with Gasteiger partial charge in [-0.15, -0.1) is 0 Å². The van der Waals surface area contributed by atoms with E-state index in [1.165, 1.54) is 0 Å². The lowest BCUT2D eigenvalue weighted by Gasteiger charge is -2.00. The Kier molecular flexibility index (Phi) is 2.63. The van der Waals surface area contributed by atoms with Gasteiger partial charge < -0.3 is 5.11 Å². The van der Waals surface area contributed by atoms with Crippen molar-refractivity contribution in [3.8, 4) is 5.75 Å². The van der Waals surface area contributed by atoms with Crippen LogP contribution in [0.1, 0.15) is 5.56 Å². The second kappa shape index (κ2) is 3.30. The van der Waals surface area contributed by atoms with Crippen molar-refractivity contribution in [2.24, 2.45) is 0 Å². The maximum absolute atomic E-state index is 9.15. The number of halogens is 1. The van der Waals surface area contributed by atoms with Crippen LogP contribution in [0.3, 0.4) is 0 Å². The Hall–Kier alpha value is -0.150. The van der Waals surface area contributed by atoms with Crippen LogP contribution in [0.5, 0.6) is 5.75 Å². The van der Waals surface area contributed by atoms with Gasteiger partial charge >= 0.3 is 0 Å². The molecule has 0 fully saturated rings. The first-order chi connectivity index (χ1) is 4.75. The quantitative estimate of drug-likeness (QED) is 0.695. The normalized spacial score (nSPS) is 9.80. The van der Waals surface area contributed by atoms with Gasteiger partial charge in [-0.25, -0.2) is 0 Å². The molecule has 0 unspecified atom stereocenters. The number of phenolic OH excluding ortho intramolecular Hbond substituents is 1. The fourth-order valence-electron chi connectivity index (χ4n) is 0.688. The fraction of sp³-hybridized carbons (Fsp3) is 0.143. The van der Waals surface area contributed by atoms with E-state index in [-0.39, 0.29) is 5.75 Å². The molecule has 0 spiro atoms. The molecular formula is C7H7BrOS.